The molecule has 2 aliphatic rings. The summed E-state index contributed by atoms with van der Waals surface area (Å²) in [6, 6.07) is 0.347. The maximum absolute atomic E-state index is 5.89. The van der Waals surface area contributed by atoms with Crippen LogP contribution in [-0.2, 0) is 4.74 Å². The predicted octanol–water partition coefficient (Wildman–Crippen LogP) is 0.903. The number of hydrogen-bond donors (Lipinski definition) is 1. The van der Waals surface area contributed by atoms with Crippen molar-refractivity contribution in [3.8, 4) is 0 Å². The molecule has 0 radical (unpaired) electrons. The molecule has 0 heterocycles. The molecule has 0 bridgehead atoms. The lowest BCUT2D eigenvalue weighted by Crippen LogP contribution is -2.09. The van der Waals surface area contributed by atoms with Crippen molar-refractivity contribution in [2.45, 2.75) is 37.8 Å². The Balaban J connectivity index is 2.05. The van der Waals surface area contributed by atoms with Crippen LogP contribution in [0.4, 0.5) is 0 Å². The van der Waals surface area contributed by atoms with E-state index in [9.17, 15) is 0 Å². The van der Waals surface area contributed by atoms with Gasteiger partial charge >= 0.3 is 0 Å². The van der Waals surface area contributed by atoms with Crippen LogP contribution < -0.4 is 5.73 Å². The van der Waals surface area contributed by atoms with E-state index in [1.54, 1.807) is 7.11 Å². The summed E-state index contributed by atoms with van der Waals surface area (Å²) in [6.07, 6.45) is 5.69. The summed E-state index contributed by atoms with van der Waals surface area (Å²) in [5, 5.41) is 0. The standard InChI is InChI=1S/C8H15NO/c1-10-7-6(9)8(7)4-2-3-5-8/h6-7H,2-5,9H2,1H3. The van der Waals surface area contributed by atoms with Crippen molar-refractivity contribution in [3.05, 3.63) is 0 Å². The third-order valence-electron chi connectivity index (χ3n) is 3.24. The average molecular weight is 141 g/mol. The van der Waals surface area contributed by atoms with Gasteiger partial charge in [0.05, 0.1) is 6.10 Å². The molecule has 2 heteroatoms. The van der Waals surface area contributed by atoms with Crippen LogP contribution in [0, 0.1) is 5.41 Å². The van der Waals surface area contributed by atoms with Gasteiger partial charge in [-0.2, -0.15) is 0 Å². The second kappa shape index (κ2) is 1.95. The first-order chi connectivity index (χ1) is 4.81. The summed E-state index contributed by atoms with van der Waals surface area (Å²) in [6.45, 7) is 0. The molecule has 1 spiro atoms. The first kappa shape index (κ1) is 6.62. The van der Waals surface area contributed by atoms with Crippen LogP contribution in [0.25, 0.3) is 0 Å². The molecule has 0 saturated heterocycles. The molecule has 10 heavy (non-hydrogen) atoms. The zero-order valence-electron chi connectivity index (χ0n) is 6.47. The number of hydrogen-bond acceptors (Lipinski definition) is 2. The van der Waals surface area contributed by atoms with Gasteiger partial charge in [-0.3, -0.25) is 0 Å². The molecule has 0 amide bonds. The van der Waals surface area contributed by atoms with Gasteiger partial charge in [0.1, 0.15) is 0 Å². The molecule has 2 fully saturated rings. The highest BCUT2D eigenvalue weighted by Crippen LogP contribution is 2.58. The Morgan fingerprint density at radius 1 is 1.40 bits per heavy atom. The van der Waals surface area contributed by atoms with Crippen LogP contribution in [0.15, 0.2) is 0 Å². The van der Waals surface area contributed by atoms with Crippen molar-refractivity contribution in [2.75, 3.05) is 7.11 Å². The number of nitrogens with two attached hydrogens (primary N) is 1. The average Bonchev–Trinajstić information content (AvgIpc) is 2.31. The van der Waals surface area contributed by atoms with E-state index in [2.05, 4.69) is 0 Å². The normalized spacial score (nSPS) is 42.6. The van der Waals surface area contributed by atoms with Gasteiger partial charge in [0, 0.05) is 18.6 Å². The fourth-order valence-corrected chi connectivity index (χ4v) is 2.52. The third kappa shape index (κ3) is 0.611. The summed E-state index contributed by atoms with van der Waals surface area (Å²) in [5.41, 5.74) is 6.32. The number of rotatable bonds is 1. The summed E-state index contributed by atoms with van der Waals surface area (Å²) >= 11 is 0. The van der Waals surface area contributed by atoms with Gasteiger partial charge in [-0.15, -0.1) is 0 Å². The highest BCUT2D eigenvalue weighted by molar-refractivity contribution is 5.17. The predicted molar refractivity (Wildman–Crippen MR) is 39.7 cm³/mol. The fourth-order valence-electron chi connectivity index (χ4n) is 2.52. The van der Waals surface area contributed by atoms with E-state index >= 15 is 0 Å². The van der Waals surface area contributed by atoms with Crippen molar-refractivity contribution in [1.82, 2.24) is 0 Å². The SMILES string of the molecule is COC1C(N)C12CCCC2. The molecule has 2 rings (SSSR count). The monoisotopic (exact) mass is 141 g/mol. The van der Waals surface area contributed by atoms with Crippen molar-refractivity contribution >= 4 is 0 Å². The first-order valence-electron chi connectivity index (χ1n) is 4.10. The van der Waals surface area contributed by atoms with Crippen LogP contribution in [0.1, 0.15) is 25.7 Å². The molecular weight excluding hydrogens is 126 g/mol. The minimum Gasteiger partial charge on any atom is -0.379 e. The van der Waals surface area contributed by atoms with Crippen molar-refractivity contribution in [2.24, 2.45) is 11.1 Å². The maximum atomic E-state index is 5.89. The van der Waals surface area contributed by atoms with E-state index in [0.717, 1.165) is 0 Å². The molecule has 2 N–H and O–H groups in total. The van der Waals surface area contributed by atoms with Gasteiger partial charge in [-0.05, 0) is 12.8 Å². The molecule has 0 aromatic heterocycles. The van der Waals surface area contributed by atoms with Crippen molar-refractivity contribution in [1.29, 1.82) is 0 Å². The van der Waals surface area contributed by atoms with Crippen LogP contribution in [0.5, 0.6) is 0 Å². The summed E-state index contributed by atoms with van der Waals surface area (Å²) < 4.78 is 5.29. The molecule has 2 atom stereocenters. The van der Waals surface area contributed by atoms with Crippen molar-refractivity contribution in [3.63, 3.8) is 0 Å². The Bertz CT molecular complexity index is 140. The molecule has 2 aliphatic carbocycles. The molecule has 0 aromatic carbocycles. The Kier molecular flexibility index (Phi) is 1.29. The molecule has 2 unspecified atom stereocenters. The van der Waals surface area contributed by atoms with Crippen LogP contribution in [-0.4, -0.2) is 19.3 Å². The smallest absolute Gasteiger partial charge is 0.0800 e. The van der Waals surface area contributed by atoms with Gasteiger partial charge in [-0.1, -0.05) is 12.8 Å². The Labute approximate surface area is 61.7 Å². The van der Waals surface area contributed by atoms with Gasteiger partial charge in [0.2, 0.25) is 0 Å². The largest absolute Gasteiger partial charge is 0.379 e. The second-order valence-electron chi connectivity index (χ2n) is 3.62. The molecular formula is C8H15NO. The number of methoxy groups -OCH3 is 1. The minimum absolute atomic E-state index is 0.347. The van der Waals surface area contributed by atoms with E-state index in [0.29, 0.717) is 17.6 Å². The maximum Gasteiger partial charge on any atom is 0.0800 e. The van der Waals surface area contributed by atoms with Gasteiger partial charge < -0.3 is 10.5 Å². The van der Waals surface area contributed by atoms with Crippen LogP contribution in [0.2, 0.25) is 0 Å². The summed E-state index contributed by atoms with van der Waals surface area (Å²) in [5.74, 6) is 0. The van der Waals surface area contributed by atoms with E-state index in [4.69, 9.17) is 10.5 Å². The second-order valence-corrected chi connectivity index (χ2v) is 3.62. The Morgan fingerprint density at radius 2 is 2.00 bits per heavy atom. The lowest BCUT2D eigenvalue weighted by Gasteiger charge is -2.04. The van der Waals surface area contributed by atoms with Crippen LogP contribution in [0.3, 0.4) is 0 Å². The highest BCUT2D eigenvalue weighted by Gasteiger charge is 2.63. The zero-order chi connectivity index (χ0) is 7.19. The van der Waals surface area contributed by atoms with E-state index in [1.165, 1.54) is 25.7 Å². The first-order valence-corrected chi connectivity index (χ1v) is 4.10. The molecule has 2 nitrogen and oxygen atoms in total. The van der Waals surface area contributed by atoms with Crippen molar-refractivity contribution < 1.29 is 4.74 Å². The molecule has 0 aromatic rings. The van der Waals surface area contributed by atoms with E-state index in [1.807, 2.05) is 0 Å². The molecule has 58 valence electrons. The Hall–Kier alpha value is -0.0800. The fraction of sp³-hybridized carbons (Fsp3) is 1.00. The van der Waals surface area contributed by atoms with Crippen LogP contribution >= 0.6 is 0 Å². The topological polar surface area (TPSA) is 35.2 Å². The zero-order valence-corrected chi connectivity index (χ0v) is 6.47. The van der Waals surface area contributed by atoms with E-state index < -0.39 is 0 Å². The third-order valence-corrected chi connectivity index (χ3v) is 3.24. The van der Waals surface area contributed by atoms with Gasteiger partial charge in [-0.25, -0.2) is 0 Å². The molecule has 0 aliphatic heterocycles. The minimum atomic E-state index is 0.347. The number of ether oxygens (including phenoxy) is 1. The summed E-state index contributed by atoms with van der Waals surface area (Å²) in [4.78, 5) is 0. The highest BCUT2D eigenvalue weighted by atomic mass is 16.5. The van der Waals surface area contributed by atoms with Gasteiger partial charge in [0.15, 0.2) is 0 Å². The Morgan fingerprint density at radius 3 is 2.40 bits per heavy atom. The van der Waals surface area contributed by atoms with Gasteiger partial charge in [0.25, 0.3) is 0 Å². The van der Waals surface area contributed by atoms with E-state index in [-0.39, 0.29) is 0 Å². The quantitative estimate of drug-likeness (QED) is 0.589. The summed E-state index contributed by atoms with van der Waals surface area (Å²) in [7, 11) is 1.78. The lowest BCUT2D eigenvalue weighted by molar-refractivity contribution is 0.143. The lowest BCUT2D eigenvalue weighted by atomic mass is 10.1. The molecule has 2 saturated carbocycles.